The van der Waals surface area contributed by atoms with E-state index in [0.717, 1.165) is 18.4 Å². The molecule has 8 heteroatoms. The number of amides is 2. The largest absolute Gasteiger partial charge is 0.378 e. The number of carbonyl (C=O) groups is 1. The summed E-state index contributed by atoms with van der Waals surface area (Å²) in [6.45, 7) is 5.92. The number of carbonyl (C=O) groups excluding carboxylic acids is 1. The summed E-state index contributed by atoms with van der Waals surface area (Å²) in [7, 11) is -3.51. The minimum Gasteiger partial charge on any atom is -0.378 e. The van der Waals surface area contributed by atoms with Gasteiger partial charge >= 0.3 is 6.03 Å². The highest BCUT2D eigenvalue weighted by molar-refractivity contribution is 7.89. The Hall–Kier alpha value is -1.64. The van der Waals surface area contributed by atoms with E-state index in [-0.39, 0.29) is 6.03 Å². The minimum absolute atomic E-state index is 0.0192. The van der Waals surface area contributed by atoms with Gasteiger partial charge in [0, 0.05) is 39.3 Å². The van der Waals surface area contributed by atoms with Crippen molar-refractivity contribution in [2.45, 2.75) is 24.7 Å². The highest BCUT2D eigenvalue weighted by Crippen LogP contribution is 2.19. The van der Waals surface area contributed by atoms with Crippen LogP contribution in [-0.4, -0.2) is 81.0 Å². The lowest BCUT2D eigenvalue weighted by Gasteiger charge is -2.38. The first-order valence-corrected chi connectivity index (χ1v) is 10.7. The Balaban J connectivity index is 1.60. The van der Waals surface area contributed by atoms with Gasteiger partial charge in [0.15, 0.2) is 0 Å². The molecule has 1 aromatic rings. The third-order valence-electron chi connectivity index (χ3n) is 4.89. The van der Waals surface area contributed by atoms with Crippen LogP contribution in [0.1, 0.15) is 18.9 Å². The molecule has 2 fully saturated rings. The van der Waals surface area contributed by atoms with Crippen LogP contribution in [0.5, 0.6) is 0 Å². The van der Waals surface area contributed by atoms with Gasteiger partial charge < -0.3 is 14.5 Å². The van der Waals surface area contributed by atoms with Crippen LogP contribution in [0.15, 0.2) is 29.2 Å². The van der Waals surface area contributed by atoms with Crippen LogP contribution in [0.3, 0.4) is 0 Å². The van der Waals surface area contributed by atoms with Gasteiger partial charge in [0.2, 0.25) is 10.0 Å². The molecule has 2 aliphatic heterocycles. The second kappa shape index (κ2) is 8.37. The van der Waals surface area contributed by atoms with Gasteiger partial charge in [-0.05, 0) is 24.1 Å². The van der Waals surface area contributed by atoms with Crippen LogP contribution in [0.2, 0.25) is 0 Å². The van der Waals surface area contributed by atoms with Gasteiger partial charge in [-0.1, -0.05) is 25.5 Å². The molecule has 2 aliphatic rings. The smallest absolute Gasteiger partial charge is 0.320 e. The molecule has 1 aromatic carbocycles. The van der Waals surface area contributed by atoms with Crippen molar-refractivity contribution in [3.05, 3.63) is 29.8 Å². The summed E-state index contributed by atoms with van der Waals surface area (Å²) in [6.07, 6.45) is 1.98. The maximum Gasteiger partial charge on any atom is 0.320 e. The van der Waals surface area contributed by atoms with Crippen molar-refractivity contribution >= 4 is 16.1 Å². The summed E-state index contributed by atoms with van der Waals surface area (Å²) in [5.74, 6) is 0. The van der Waals surface area contributed by atoms with Crippen molar-refractivity contribution in [2.24, 2.45) is 0 Å². The molecular formula is C18H27N3O4S. The van der Waals surface area contributed by atoms with E-state index < -0.39 is 10.0 Å². The van der Waals surface area contributed by atoms with E-state index in [4.69, 9.17) is 4.74 Å². The molecule has 2 heterocycles. The molecule has 0 atom stereocenters. The molecule has 2 amide bonds. The quantitative estimate of drug-likeness (QED) is 0.790. The zero-order valence-electron chi connectivity index (χ0n) is 15.3. The standard InChI is InChI=1S/C18H27N3O4S/c1-2-3-16-4-6-17(7-5-16)26(23,24)21-10-8-19(9-11-21)18(22)20-12-14-25-15-13-20/h4-7H,2-3,8-15H2,1H3. The Bertz CT molecular complexity index is 706. The van der Waals surface area contributed by atoms with Gasteiger partial charge in [-0.2, -0.15) is 4.31 Å². The summed E-state index contributed by atoms with van der Waals surface area (Å²) in [5, 5.41) is 0. The van der Waals surface area contributed by atoms with Crippen molar-refractivity contribution in [1.82, 2.24) is 14.1 Å². The summed E-state index contributed by atoms with van der Waals surface area (Å²) in [5.41, 5.74) is 1.15. The fourth-order valence-electron chi connectivity index (χ4n) is 3.34. The van der Waals surface area contributed by atoms with Gasteiger partial charge in [-0.25, -0.2) is 13.2 Å². The number of aryl methyl sites for hydroxylation is 1. The topological polar surface area (TPSA) is 70.2 Å². The number of piperazine rings is 1. The average molecular weight is 381 g/mol. The van der Waals surface area contributed by atoms with E-state index in [9.17, 15) is 13.2 Å². The number of benzene rings is 1. The summed E-state index contributed by atoms with van der Waals surface area (Å²) in [4.78, 5) is 16.3. The van der Waals surface area contributed by atoms with Gasteiger partial charge in [-0.15, -0.1) is 0 Å². The van der Waals surface area contributed by atoms with E-state index in [1.165, 1.54) is 4.31 Å². The van der Waals surface area contributed by atoms with E-state index in [2.05, 4.69) is 6.92 Å². The van der Waals surface area contributed by atoms with Crippen LogP contribution >= 0.6 is 0 Å². The number of morpholine rings is 1. The van der Waals surface area contributed by atoms with Crippen molar-refractivity contribution < 1.29 is 17.9 Å². The number of hydrogen-bond acceptors (Lipinski definition) is 4. The summed E-state index contributed by atoms with van der Waals surface area (Å²) < 4.78 is 32.4. The van der Waals surface area contributed by atoms with Crippen LogP contribution in [-0.2, 0) is 21.2 Å². The molecule has 0 unspecified atom stereocenters. The predicted octanol–water partition coefficient (Wildman–Crippen LogP) is 1.40. The maximum atomic E-state index is 12.8. The van der Waals surface area contributed by atoms with Crippen molar-refractivity contribution in [1.29, 1.82) is 0 Å². The molecule has 7 nitrogen and oxygen atoms in total. The van der Waals surface area contributed by atoms with Crippen LogP contribution < -0.4 is 0 Å². The van der Waals surface area contributed by atoms with Crippen molar-refractivity contribution in [2.75, 3.05) is 52.5 Å². The van der Waals surface area contributed by atoms with Crippen LogP contribution in [0.4, 0.5) is 4.79 Å². The molecule has 144 valence electrons. The molecule has 3 rings (SSSR count). The number of ether oxygens (including phenoxy) is 1. The number of urea groups is 1. The number of nitrogens with zero attached hydrogens (tertiary/aromatic N) is 3. The molecule has 0 aromatic heterocycles. The fraction of sp³-hybridized carbons (Fsp3) is 0.611. The minimum atomic E-state index is -3.51. The van der Waals surface area contributed by atoms with E-state index in [0.29, 0.717) is 57.4 Å². The maximum absolute atomic E-state index is 12.8. The molecule has 0 bridgehead atoms. The SMILES string of the molecule is CCCc1ccc(S(=O)(=O)N2CCN(C(=O)N3CCOCC3)CC2)cc1. The summed E-state index contributed by atoms with van der Waals surface area (Å²) in [6, 6.07) is 7.12. The molecule has 0 N–H and O–H groups in total. The third kappa shape index (κ3) is 4.19. The van der Waals surface area contributed by atoms with E-state index in [1.54, 1.807) is 21.9 Å². The first-order chi connectivity index (χ1) is 12.5. The second-order valence-electron chi connectivity index (χ2n) is 6.67. The van der Waals surface area contributed by atoms with Crippen molar-refractivity contribution in [3.8, 4) is 0 Å². The molecule has 0 saturated carbocycles. The Morgan fingerprint density at radius 3 is 2.12 bits per heavy atom. The lowest BCUT2D eigenvalue weighted by atomic mass is 10.1. The molecule has 0 radical (unpaired) electrons. The zero-order valence-corrected chi connectivity index (χ0v) is 16.1. The Morgan fingerprint density at radius 1 is 0.962 bits per heavy atom. The zero-order chi connectivity index (χ0) is 18.6. The van der Waals surface area contributed by atoms with Crippen LogP contribution in [0.25, 0.3) is 0 Å². The van der Waals surface area contributed by atoms with Crippen molar-refractivity contribution in [3.63, 3.8) is 0 Å². The predicted molar refractivity (Wildman–Crippen MR) is 98.6 cm³/mol. The monoisotopic (exact) mass is 381 g/mol. The first-order valence-electron chi connectivity index (χ1n) is 9.23. The molecule has 0 aliphatic carbocycles. The highest BCUT2D eigenvalue weighted by Gasteiger charge is 2.32. The average Bonchev–Trinajstić information content (AvgIpc) is 2.69. The molecule has 26 heavy (non-hydrogen) atoms. The van der Waals surface area contributed by atoms with Gasteiger partial charge in [0.25, 0.3) is 0 Å². The van der Waals surface area contributed by atoms with E-state index >= 15 is 0 Å². The van der Waals surface area contributed by atoms with E-state index in [1.807, 2.05) is 12.1 Å². The highest BCUT2D eigenvalue weighted by atomic mass is 32.2. The lowest BCUT2D eigenvalue weighted by molar-refractivity contribution is 0.0405. The Morgan fingerprint density at radius 2 is 1.54 bits per heavy atom. The number of sulfonamides is 1. The molecular weight excluding hydrogens is 354 g/mol. The van der Waals surface area contributed by atoms with Gasteiger partial charge in [0.1, 0.15) is 0 Å². The van der Waals surface area contributed by atoms with Gasteiger partial charge in [-0.3, -0.25) is 0 Å². The normalized spacial score (nSPS) is 19.6. The third-order valence-corrected chi connectivity index (χ3v) is 6.80. The number of hydrogen-bond donors (Lipinski definition) is 0. The van der Waals surface area contributed by atoms with Gasteiger partial charge in [0.05, 0.1) is 18.1 Å². The Labute approximate surface area is 155 Å². The molecule has 2 saturated heterocycles. The fourth-order valence-corrected chi connectivity index (χ4v) is 4.76. The second-order valence-corrected chi connectivity index (χ2v) is 8.61. The first kappa shape index (κ1) is 19.1. The number of rotatable bonds is 4. The molecule has 0 spiro atoms. The van der Waals surface area contributed by atoms with Crippen LogP contribution in [0, 0.1) is 0 Å². The lowest BCUT2D eigenvalue weighted by Crippen LogP contribution is -2.55. The summed E-state index contributed by atoms with van der Waals surface area (Å²) >= 11 is 0. The Kier molecular flexibility index (Phi) is 6.16.